The van der Waals surface area contributed by atoms with Crippen molar-refractivity contribution in [3.63, 3.8) is 0 Å². The summed E-state index contributed by atoms with van der Waals surface area (Å²) in [6.45, 7) is 0. The fourth-order valence-electron chi connectivity index (χ4n) is 1.36. The number of hydrogen-bond donors (Lipinski definition) is 0. The third kappa shape index (κ3) is 15.1. The van der Waals surface area contributed by atoms with E-state index in [1.54, 1.807) is 0 Å². The quantitative estimate of drug-likeness (QED) is 0.247. The Bertz CT molecular complexity index is 670. The summed E-state index contributed by atoms with van der Waals surface area (Å²) in [5.74, 6) is 0. The minimum absolute atomic E-state index is 0. The molecule has 0 radical (unpaired) electrons. The van der Waals surface area contributed by atoms with Crippen molar-refractivity contribution in [2.45, 2.75) is 32.1 Å². The maximum absolute atomic E-state index is 12.4. The van der Waals surface area contributed by atoms with Crippen LogP contribution in [0.15, 0.2) is 70.5 Å². The first kappa shape index (κ1) is 36.6. The van der Waals surface area contributed by atoms with Crippen LogP contribution in [0.4, 0.5) is 41.6 Å². The van der Waals surface area contributed by atoms with Crippen molar-refractivity contribution in [2.24, 2.45) is 0 Å². The van der Waals surface area contributed by atoms with Crippen molar-refractivity contribution in [3.05, 3.63) is 60.7 Å². The predicted octanol–water partition coefficient (Wildman–Crippen LogP) is 11.7. The van der Waals surface area contributed by atoms with E-state index in [1.165, 1.54) is 12.1 Å². The molecule has 0 spiro atoms. The van der Waals surface area contributed by atoms with Crippen molar-refractivity contribution < 1.29 is 59.7 Å². The Morgan fingerprint density at radius 3 is 0.900 bits per heavy atom. The van der Waals surface area contributed by atoms with Crippen LogP contribution in [0.2, 0.25) is 0 Å². The van der Waals surface area contributed by atoms with Crippen molar-refractivity contribution in [1.82, 2.24) is 0 Å². The topological polar surface area (TPSA) is 0 Å². The van der Waals surface area contributed by atoms with Crippen LogP contribution in [0.5, 0.6) is 0 Å². The van der Waals surface area contributed by atoms with Gasteiger partial charge in [-0.3, -0.25) is 0 Å². The average Bonchev–Trinajstić information content (AvgIpc) is 2.46. The van der Waals surface area contributed by atoms with E-state index in [1.807, 2.05) is 0 Å². The predicted molar refractivity (Wildman–Crippen MR) is 103 cm³/mol. The molecular weight excluding hydrogens is 554 g/mol. The molecule has 0 saturated carbocycles. The maximum atomic E-state index is 12.4. The summed E-state index contributed by atoms with van der Waals surface area (Å²) < 4.78 is 129. The molecule has 0 bridgehead atoms. The first-order chi connectivity index (χ1) is 11.6. The molecule has 180 valence electrons. The fourth-order valence-corrected chi connectivity index (χ4v) is 3.01. The van der Waals surface area contributed by atoms with Gasteiger partial charge in [0.25, 0.3) is 9.05 Å². The van der Waals surface area contributed by atoms with E-state index in [0.717, 1.165) is 24.3 Å². The van der Waals surface area contributed by atoms with Crippen molar-refractivity contribution in [1.29, 1.82) is 0 Å². The standard InChI is InChI=1S/C6H5ClF4S.C6H5F5S.3CH4.2FH.Zn/c2*7-12(8,9,10,11)6-4-2-1-3-5-6;;;;;;/h2*1-5H;3*1H4;2*1H;/q;;;;;;;+2/p-2. The van der Waals surface area contributed by atoms with Gasteiger partial charge >= 0.3 is 35.0 Å². The second kappa shape index (κ2) is 9.83. The molecule has 2 aromatic carbocycles. The zero-order valence-corrected chi connectivity index (χ0v) is 18.2. The third-order valence-electron chi connectivity index (χ3n) is 2.38. The summed E-state index contributed by atoms with van der Waals surface area (Å²) in [6, 6.07) is 8.54. The first-order valence-corrected chi connectivity index (χ1v) is 13.4. The van der Waals surface area contributed by atoms with Gasteiger partial charge in [0.15, 0.2) is 0 Å². The summed E-state index contributed by atoms with van der Waals surface area (Å²) in [4.78, 5) is -3.27. The van der Waals surface area contributed by atoms with Crippen LogP contribution < -0.4 is 0 Å². The Morgan fingerprint density at radius 2 is 0.767 bits per heavy atom. The van der Waals surface area contributed by atoms with Crippen LogP contribution in [0.3, 0.4) is 0 Å². The van der Waals surface area contributed by atoms with E-state index >= 15 is 0 Å². The number of hydrogen-bond acceptors (Lipinski definition) is 0. The average molecular weight is 576 g/mol. The molecule has 0 fully saturated rings. The van der Waals surface area contributed by atoms with Crippen LogP contribution in [0.25, 0.3) is 0 Å². The minimum atomic E-state index is -9.43. The van der Waals surface area contributed by atoms with E-state index < -0.39 is 47.2 Å². The summed E-state index contributed by atoms with van der Waals surface area (Å²) in [5, 5.41) is 0. The van der Waals surface area contributed by atoms with Crippen molar-refractivity contribution in [2.75, 3.05) is 0 Å². The molecule has 0 heterocycles. The second-order valence-corrected chi connectivity index (χ2v) is 11.8. The molecule has 0 nitrogen and oxygen atoms in total. The Labute approximate surface area is 182 Å². The monoisotopic (exact) mass is 574 g/mol. The van der Waals surface area contributed by atoms with Crippen LogP contribution in [0.1, 0.15) is 22.3 Å². The van der Waals surface area contributed by atoms with E-state index in [2.05, 4.69) is 10.7 Å². The van der Waals surface area contributed by atoms with Gasteiger partial charge in [-0.25, -0.2) is 0 Å². The van der Waals surface area contributed by atoms with Gasteiger partial charge in [-0.05, 0) is 24.3 Å². The molecular formula is C15H22ClF11S2Zn. The molecule has 0 aliphatic heterocycles. The molecule has 0 aliphatic carbocycles. The zero-order chi connectivity index (χ0) is 21.7. The zero-order valence-electron chi connectivity index (χ0n) is 12.8. The SMILES string of the molecule is C.C.C.FS(F)(F)(F)(Cl)c1ccccc1.FS(F)(F)(F)(F)c1ccccc1.[F][Zn][F]. The van der Waals surface area contributed by atoms with Crippen LogP contribution >= 0.6 is 30.0 Å². The first-order valence-electron chi connectivity index (χ1n) is 6.31. The Balaban J connectivity index is -0.000000183. The van der Waals surface area contributed by atoms with Crippen LogP contribution in [0, 0.1) is 0 Å². The molecule has 2 rings (SSSR count). The summed E-state index contributed by atoms with van der Waals surface area (Å²) in [6.07, 6.45) is 0. The van der Waals surface area contributed by atoms with E-state index in [0.29, 0.717) is 24.3 Å². The molecule has 0 saturated heterocycles. The molecule has 0 aromatic heterocycles. The Kier molecular flexibility index (Phi) is 12.0. The van der Waals surface area contributed by atoms with E-state index in [4.69, 9.17) is 0 Å². The van der Waals surface area contributed by atoms with Gasteiger partial charge in [-0.1, -0.05) is 78.1 Å². The molecule has 15 heteroatoms. The van der Waals surface area contributed by atoms with Gasteiger partial charge in [0.2, 0.25) is 0 Å². The van der Waals surface area contributed by atoms with Crippen LogP contribution in [-0.2, 0) is 18.1 Å². The molecule has 2 aromatic rings. The Morgan fingerprint density at radius 1 is 0.533 bits per heavy atom. The second-order valence-electron chi connectivity index (χ2n) is 4.67. The summed E-state index contributed by atoms with van der Waals surface area (Å²) in [7, 11) is -13.9. The number of benzene rings is 2. The molecule has 30 heavy (non-hydrogen) atoms. The van der Waals surface area contributed by atoms with E-state index in [-0.39, 0.29) is 22.3 Å². The normalized spacial score (nSPS) is 14.8. The van der Waals surface area contributed by atoms with Gasteiger partial charge in [-0.15, -0.1) is 15.5 Å². The van der Waals surface area contributed by atoms with Gasteiger partial charge in [0, 0.05) is 10.7 Å². The molecule has 0 aliphatic rings. The van der Waals surface area contributed by atoms with Crippen molar-refractivity contribution in [3.8, 4) is 0 Å². The summed E-state index contributed by atoms with van der Waals surface area (Å²) >= 11 is -2.88. The molecule has 0 unspecified atom stereocenters. The number of halogens is 12. The van der Waals surface area contributed by atoms with Gasteiger partial charge < -0.3 is 0 Å². The Hall–Kier alpha value is -0.717. The van der Waals surface area contributed by atoms with E-state index in [9.17, 15) is 41.6 Å². The number of rotatable bonds is 2. The fraction of sp³-hybridized carbons (Fsp3) is 0.200. The van der Waals surface area contributed by atoms with Gasteiger partial charge in [0.05, 0.1) is 4.90 Å². The van der Waals surface area contributed by atoms with Gasteiger partial charge in [-0.2, -0.15) is 0 Å². The third-order valence-corrected chi connectivity index (χ3v) is 5.24. The molecule has 0 amide bonds. The van der Waals surface area contributed by atoms with Crippen LogP contribution in [-0.4, -0.2) is 0 Å². The van der Waals surface area contributed by atoms with Crippen molar-refractivity contribution >= 4 is 30.0 Å². The molecule has 0 atom stereocenters. The van der Waals surface area contributed by atoms with Gasteiger partial charge in [0.1, 0.15) is 4.90 Å². The summed E-state index contributed by atoms with van der Waals surface area (Å²) in [5.41, 5.74) is 0. The molecule has 0 N–H and O–H groups in total.